The van der Waals surface area contributed by atoms with Gasteiger partial charge in [-0.3, -0.25) is 9.79 Å². The highest BCUT2D eigenvalue weighted by molar-refractivity contribution is 14.0. The van der Waals surface area contributed by atoms with Crippen LogP contribution in [0.5, 0.6) is 0 Å². The van der Waals surface area contributed by atoms with Gasteiger partial charge in [0, 0.05) is 32.1 Å². The Morgan fingerprint density at radius 2 is 1.74 bits per heavy atom. The van der Waals surface area contributed by atoms with Crippen LogP contribution in [0.4, 0.5) is 0 Å². The first-order valence-electron chi connectivity index (χ1n) is 6.66. The highest BCUT2D eigenvalue weighted by Crippen LogP contribution is 2.27. The van der Waals surface area contributed by atoms with E-state index in [-0.39, 0.29) is 35.3 Å². The Balaban J connectivity index is 0.00000324. The summed E-state index contributed by atoms with van der Waals surface area (Å²) in [7, 11) is 1.76. The van der Waals surface area contributed by atoms with E-state index < -0.39 is 0 Å². The topological polar surface area (TPSA) is 65.5 Å². The van der Waals surface area contributed by atoms with Gasteiger partial charge in [-0.25, -0.2) is 0 Å². The highest BCUT2D eigenvalue weighted by Gasteiger charge is 2.21. The van der Waals surface area contributed by atoms with Gasteiger partial charge >= 0.3 is 0 Å². The Hall–Kier alpha value is -0.530. The largest absolute Gasteiger partial charge is 0.356 e. The molecule has 0 aromatic carbocycles. The van der Waals surface area contributed by atoms with E-state index in [9.17, 15) is 4.79 Å². The average molecular weight is 382 g/mol. The van der Waals surface area contributed by atoms with Crippen LogP contribution in [-0.2, 0) is 4.79 Å². The lowest BCUT2D eigenvalue weighted by Gasteiger charge is -2.18. The van der Waals surface area contributed by atoms with Crippen LogP contribution >= 0.6 is 24.0 Å². The van der Waals surface area contributed by atoms with Crippen LogP contribution in [0.1, 0.15) is 33.6 Å². The van der Waals surface area contributed by atoms with E-state index in [1.165, 1.54) is 12.8 Å². The zero-order valence-electron chi connectivity index (χ0n) is 12.4. The molecule has 1 fully saturated rings. The first-order valence-corrected chi connectivity index (χ1v) is 6.66. The maximum atomic E-state index is 11.6. The maximum Gasteiger partial charge on any atom is 0.225 e. The Morgan fingerprint density at radius 3 is 2.21 bits per heavy atom. The molecule has 0 spiro atoms. The molecule has 0 aromatic heterocycles. The standard InChI is InChI=1S/C13H26N4O.HI/c1-13(2,3)11(18)15-7-8-16-12(14-4)17-9-10-5-6-10;/h10H,5-9H2,1-4H3,(H,15,18)(H2,14,16,17);1H. The molecule has 112 valence electrons. The number of hydrogen-bond acceptors (Lipinski definition) is 2. The minimum atomic E-state index is -0.327. The van der Waals surface area contributed by atoms with Crippen LogP contribution < -0.4 is 16.0 Å². The van der Waals surface area contributed by atoms with E-state index >= 15 is 0 Å². The Bertz CT molecular complexity index is 308. The maximum absolute atomic E-state index is 11.6. The predicted octanol–water partition coefficient (Wildman–Crippen LogP) is 1.34. The SMILES string of the molecule is CN=C(NCCNC(=O)C(C)(C)C)NCC1CC1.I. The van der Waals surface area contributed by atoms with E-state index in [1.807, 2.05) is 20.8 Å². The van der Waals surface area contributed by atoms with Crippen LogP contribution in [-0.4, -0.2) is 38.5 Å². The Kier molecular flexibility index (Phi) is 8.36. The fourth-order valence-corrected chi connectivity index (χ4v) is 1.41. The molecule has 0 bridgehead atoms. The van der Waals surface area contributed by atoms with Gasteiger partial charge in [0.1, 0.15) is 0 Å². The summed E-state index contributed by atoms with van der Waals surface area (Å²) >= 11 is 0. The molecule has 0 radical (unpaired) electrons. The number of amides is 1. The number of guanidine groups is 1. The fraction of sp³-hybridized carbons (Fsp3) is 0.846. The Labute approximate surface area is 133 Å². The van der Waals surface area contributed by atoms with Crippen molar-refractivity contribution in [2.45, 2.75) is 33.6 Å². The summed E-state index contributed by atoms with van der Waals surface area (Å²) < 4.78 is 0. The lowest BCUT2D eigenvalue weighted by atomic mass is 9.96. The van der Waals surface area contributed by atoms with Gasteiger partial charge in [0.25, 0.3) is 0 Å². The number of nitrogens with zero attached hydrogens (tertiary/aromatic N) is 1. The van der Waals surface area contributed by atoms with Crippen LogP contribution in [0.3, 0.4) is 0 Å². The number of nitrogens with one attached hydrogen (secondary N) is 3. The van der Waals surface area contributed by atoms with Gasteiger partial charge in [0.15, 0.2) is 5.96 Å². The van der Waals surface area contributed by atoms with Gasteiger partial charge in [-0.1, -0.05) is 20.8 Å². The quantitative estimate of drug-likeness (QED) is 0.291. The van der Waals surface area contributed by atoms with Crippen molar-refractivity contribution in [1.82, 2.24) is 16.0 Å². The summed E-state index contributed by atoms with van der Waals surface area (Å²) in [5.74, 6) is 1.71. The summed E-state index contributed by atoms with van der Waals surface area (Å²) in [6, 6.07) is 0. The van der Waals surface area contributed by atoms with Gasteiger partial charge < -0.3 is 16.0 Å². The number of carbonyl (C=O) groups excluding carboxylic acids is 1. The van der Waals surface area contributed by atoms with Crippen molar-refractivity contribution < 1.29 is 4.79 Å². The lowest BCUT2D eigenvalue weighted by molar-refractivity contribution is -0.128. The minimum Gasteiger partial charge on any atom is -0.356 e. The molecule has 5 nitrogen and oxygen atoms in total. The van der Waals surface area contributed by atoms with E-state index in [0.29, 0.717) is 13.1 Å². The smallest absolute Gasteiger partial charge is 0.225 e. The molecule has 19 heavy (non-hydrogen) atoms. The first kappa shape index (κ1) is 18.5. The van der Waals surface area contributed by atoms with Crippen LogP contribution in [0, 0.1) is 11.3 Å². The number of carbonyl (C=O) groups is 1. The van der Waals surface area contributed by atoms with Gasteiger partial charge in [0.05, 0.1) is 0 Å². The summed E-state index contributed by atoms with van der Waals surface area (Å²) in [6.45, 7) is 8.02. The average Bonchev–Trinajstić information content (AvgIpc) is 3.10. The predicted molar refractivity (Wildman–Crippen MR) is 90.0 cm³/mol. The highest BCUT2D eigenvalue weighted by atomic mass is 127. The molecule has 0 aliphatic heterocycles. The molecule has 0 heterocycles. The van der Waals surface area contributed by atoms with Crippen molar-refractivity contribution in [3.63, 3.8) is 0 Å². The zero-order valence-corrected chi connectivity index (χ0v) is 14.7. The monoisotopic (exact) mass is 382 g/mol. The van der Waals surface area contributed by atoms with Crippen molar-refractivity contribution in [2.24, 2.45) is 16.3 Å². The van der Waals surface area contributed by atoms with Crippen molar-refractivity contribution in [1.29, 1.82) is 0 Å². The summed E-state index contributed by atoms with van der Waals surface area (Å²) in [5, 5.41) is 9.35. The Morgan fingerprint density at radius 1 is 1.16 bits per heavy atom. The van der Waals surface area contributed by atoms with Crippen LogP contribution in [0.25, 0.3) is 0 Å². The molecular formula is C13H27IN4O. The van der Waals surface area contributed by atoms with E-state index in [4.69, 9.17) is 0 Å². The van der Waals surface area contributed by atoms with E-state index in [2.05, 4.69) is 20.9 Å². The third kappa shape index (κ3) is 8.28. The van der Waals surface area contributed by atoms with Crippen molar-refractivity contribution in [2.75, 3.05) is 26.7 Å². The van der Waals surface area contributed by atoms with Gasteiger partial charge in [0.2, 0.25) is 5.91 Å². The minimum absolute atomic E-state index is 0. The normalized spacial score (nSPS) is 15.5. The molecule has 1 rings (SSSR count). The molecule has 1 amide bonds. The molecule has 1 aliphatic rings. The van der Waals surface area contributed by atoms with Gasteiger partial charge in [-0.15, -0.1) is 24.0 Å². The molecule has 0 unspecified atom stereocenters. The molecule has 1 saturated carbocycles. The third-order valence-electron chi connectivity index (χ3n) is 2.86. The summed E-state index contributed by atoms with van der Waals surface area (Å²) in [6.07, 6.45) is 2.65. The number of rotatable bonds is 5. The molecule has 0 atom stereocenters. The van der Waals surface area contributed by atoms with E-state index in [0.717, 1.165) is 18.4 Å². The second kappa shape index (κ2) is 8.60. The number of aliphatic imine (C=N–C) groups is 1. The van der Waals surface area contributed by atoms with Gasteiger partial charge in [-0.05, 0) is 18.8 Å². The summed E-state index contributed by atoms with van der Waals surface area (Å²) in [5.41, 5.74) is -0.327. The van der Waals surface area contributed by atoms with Gasteiger partial charge in [-0.2, -0.15) is 0 Å². The van der Waals surface area contributed by atoms with E-state index in [1.54, 1.807) is 7.05 Å². The van der Waals surface area contributed by atoms with Crippen molar-refractivity contribution in [3.05, 3.63) is 0 Å². The van der Waals surface area contributed by atoms with Crippen LogP contribution in [0.15, 0.2) is 4.99 Å². The molecule has 1 aliphatic carbocycles. The molecule has 0 saturated heterocycles. The molecular weight excluding hydrogens is 355 g/mol. The van der Waals surface area contributed by atoms with Crippen molar-refractivity contribution >= 4 is 35.8 Å². The lowest BCUT2D eigenvalue weighted by Crippen LogP contribution is -2.43. The molecule has 6 heteroatoms. The zero-order chi connectivity index (χ0) is 13.6. The molecule has 3 N–H and O–H groups in total. The second-order valence-corrected chi connectivity index (χ2v) is 5.83. The third-order valence-corrected chi connectivity index (χ3v) is 2.86. The summed E-state index contributed by atoms with van der Waals surface area (Å²) in [4.78, 5) is 15.8. The number of hydrogen-bond donors (Lipinski definition) is 3. The number of halogens is 1. The fourth-order valence-electron chi connectivity index (χ4n) is 1.41. The first-order chi connectivity index (χ1) is 8.43. The molecule has 0 aromatic rings. The van der Waals surface area contributed by atoms with Crippen LogP contribution in [0.2, 0.25) is 0 Å². The second-order valence-electron chi connectivity index (χ2n) is 5.83. The van der Waals surface area contributed by atoms with Crippen molar-refractivity contribution in [3.8, 4) is 0 Å².